The van der Waals surface area contributed by atoms with Crippen LogP contribution in [0.5, 0.6) is 5.75 Å². The number of rotatable bonds is 9. The van der Waals surface area contributed by atoms with Crippen molar-refractivity contribution in [3.8, 4) is 5.75 Å². The lowest BCUT2D eigenvalue weighted by atomic mass is 9.85. The van der Waals surface area contributed by atoms with Gasteiger partial charge in [0.2, 0.25) is 0 Å². The molecular formula is C30H37NO6. The molecule has 0 spiro atoms. The van der Waals surface area contributed by atoms with Gasteiger partial charge in [0.05, 0.1) is 6.61 Å². The quantitative estimate of drug-likeness (QED) is 0.497. The summed E-state index contributed by atoms with van der Waals surface area (Å²) < 4.78 is 11.4. The van der Waals surface area contributed by atoms with E-state index in [1.807, 2.05) is 44.2 Å². The highest BCUT2D eigenvalue weighted by Gasteiger charge is 2.28. The summed E-state index contributed by atoms with van der Waals surface area (Å²) in [6, 6.07) is 12.0. The molecule has 0 saturated heterocycles. The number of ether oxygens (including phenoxy) is 2. The third-order valence-corrected chi connectivity index (χ3v) is 7.42. The molecule has 0 bridgehead atoms. The number of hydrogen-bond donors (Lipinski definition) is 1. The van der Waals surface area contributed by atoms with Crippen LogP contribution in [-0.2, 0) is 40.1 Å². The highest BCUT2D eigenvalue weighted by atomic mass is 16.6. The van der Waals surface area contributed by atoms with Crippen LogP contribution >= 0.6 is 0 Å². The fourth-order valence-electron chi connectivity index (χ4n) is 5.37. The Morgan fingerprint density at radius 2 is 1.68 bits per heavy atom. The maximum Gasteiger partial charge on any atom is 0.410 e. The van der Waals surface area contributed by atoms with Crippen LogP contribution < -0.4 is 4.74 Å². The number of hydrogen-bond acceptors (Lipinski definition) is 5. The summed E-state index contributed by atoms with van der Waals surface area (Å²) >= 11 is 0. The average molecular weight is 508 g/mol. The molecule has 2 aromatic rings. The topological polar surface area (TPSA) is 93.1 Å². The average Bonchev–Trinajstić information content (AvgIpc) is 2.86. The van der Waals surface area contributed by atoms with Crippen molar-refractivity contribution in [3.63, 3.8) is 0 Å². The molecule has 1 N–H and O–H groups in total. The summed E-state index contributed by atoms with van der Waals surface area (Å²) in [6.45, 7) is 5.63. The minimum Gasteiger partial charge on any atom is -0.494 e. The van der Waals surface area contributed by atoms with E-state index in [0.29, 0.717) is 32.5 Å². The van der Waals surface area contributed by atoms with E-state index in [0.717, 1.165) is 60.1 Å². The van der Waals surface area contributed by atoms with E-state index in [9.17, 15) is 14.4 Å². The van der Waals surface area contributed by atoms with E-state index in [4.69, 9.17) is 14.6 Å². The van der Waals surface area contributed by atoms with Crippen LogP contribution in [-0.4, -0.2) is 47.1 Å². The number of carbonyl (C=O) groups is 3. The fourth-order valence-corrected chi connectivity index (χ4v) is 5.37. The number of aryl methyl sites for hydroxylation is 1. The number of carboxylic acid groups (broad SMARTS) is 1. The second-order valence-corrected chi connectivity index (χ2v) is 10.3. The SMILES string of the molecule is CCOc1cc(CC(=O)Cc2ccc3c(c2)CCN(C(=O)OC2CCC(CC(=O)O)CC2)C3)ccc1C. The summed E-state index contributed by atoms with van der Waals surface area (Å²) in [5.74, 6) is 0.406. The number of carboxylic acids is 1. The van der Waals surface area contributed by atoms with Crippen molar-refractivity contribution in [3.05, 3.63) is 64.2 Å². The summed E-state index contributed by atoms with van der Waals surface area (Å²) in [4.78, 5) is 38.2. The molecule has 1 fully saturated rings. The van der Waals surface area contributed by atoms with Gasteiger partial charge in [-0.3, -0.25) is 9.59 Å². The minimum atomic E-state index is -0.762. The van der Waals surface area contributed by atoms with Crippen LogP contribution in [0.2, 0.25) is 0 Å². The first kappa shape index (κ1) is 26.7. The summed E-state index contributed by atoms with van der Waals surface area (Å²) in [5.41, 5.74) is 5.28. The van der Waals surface area contributed by atoms with Crippen LogP contribution in [0.1, 0.15) is 66.8 Å². The Labute approximate surface area is 218 Å². The maximum absolute atomic E-state index is 12.8. The van der Waals surface area contributed by atoms with Crippen molar-refractivity contribution >= 4 is 17.8 Å². The van der Waals surface area contributed by atoms with Gasteiger partial charge in [-0.1, -0.05) is 30.3 Å². The van der Waals surface area contributed by atoms with Crippen molar-refractivity contribution in [1.29, 1.82) is 0 Å². The third kappa shape index (κ3) is 7.34. The Kier molecular flexibility index (Phi) is 8.85. The number of fused-ring (bicyclic) bond motifs is 1. The largest absolute Gasteiger partial charge is 0.494 e. The molecule has 0 radical (unpaired) electrons. The highest BCUT2D eigenvalue weighted by Crippen LogP contribution is 2.30. The molecule has 1 aliphatic carbocycles. The Balaban J connectivity index is 1.28. The normalized spacial score (nSPS) is 19.1. The number of nitrogens with zero attached hydrogens (tertiary/aromatic N) is 1. The maximum atomic E-state index is 12.8. The molecule has 4 rings (SSSR count). The number of Topliss-reactive ketones (excluding diaryl/α,β-unsaturated/α-hetero) is 1. The number of aliphatic carboxylic acids is 1. The van der Waals surface area contributed by atoms with Gasteiger partial charge >= 0.3 is 12.1 Å². The number of amides is 1. The van der Waals surface area contributed by atoms with Gasteiger partial charge in [0, 0.05) is 32.4 Å². The minimum absolute atomic E-state index is 0.134. The number of carbonyl (C=O) groups excluding carboxylic acids is 2. The van der Waals surface area contributed by atoms with E-state index in [1.54, 1.807) is 4.90 Å². The molecule has 0 unspecified atom stereocenters. The second-order valence-electron chi connectivity index (χ2n) is 10.3. The van der Waals surface area contributed by atoms with Gasteiger partial charge in [0.1, 0.15) is 17.6 Å². The van der Waals surface area contributed by atoms with Crippen LogP contribution in [0, 0.1) is 12.8 Å². The molecule has 1 heterocycles. The number of benzene rings is 2. The van der Waals surface area contributed by atoms with Crippen molar-refractivity contribution in [2.75, 3.05) is 13.2 Å². The third-order valence-electron chi connectivity index (χ3n) is 7.42. The molecule has 37 heavy (non-hydrogen) atoms. The van der Waals surface area contributed by atoms with E-state index in [-0.39, 0.29) is 30.3 Å². The van der Waals surface area contributed by atoms with Gasteiger partial charge < -0.3 is 19.5 Å². The van der Waals surface area contributed by atoms with Gasteiger partial charge in [-0.25, -0.2) is 4.79 Å². The number of ketones is 1. The lowest BCUT2D eigenvalue weighted by Crippen LogP contribution is -2.39. The first-order valence-electron chi connectivity index (χ1n) is 13.3. The van der Waals surface area contributed by atoms with Crippen LogP contribution in [0.25, 0.3) is 0 Å². The Bertz CT molecular complexity index is 1130. The molecule has 1 aliphatic heterocycles. The predicted molar refractivity (Wildman–Crippen MR) is 140 cm³/mol. The fraction of sp³-hybridized carbons (Fsp3) is 0.500. The van der Waals surface area contributed by atoms with E-state index < -0.39 is 5.97 Å². The van der Waals surface area contributed by atoms with Crippen molar-refractivity contribution in [1.82, 2.24) is 4.90 Å². The predicted octanol–water partition coefficient (Wildman–Crippen LogP) is 5.28. The van der Waals surface area contributed by atoms with Gasteiger partial charge in [-0.05, 0) is 85.8 Å². The molecule has 2 aliphatic rings. The van der Waals surface area contributed by atoms with Crippen molar-refractivity contribution < 1.29 is 29.0 Å². The lowest BCUT2D eigenvalue weighted by Gasteiger charge is -2.32. The van der Waals surface area contributed by atoms with E-state index in [1.165, 1.54) is 5.56 Å². The zero-order valence-corrected chi connectivity index (χ0v) is 21.8. The molecule has 7 heteroatoms. The zero-order valence-electron chi connectivity index (χ0n) is 21.8. The van der Waals surface area contributed by atoms with Crippen molar-refractivity contribution in [2.24, 2.45) is 5.92 Å². The molecule has 1 saturated carbocycles. The standard InChI is InChI=1S/C30H37NO6/c1-3-36-28-17-23(5-4-20(28)2)16-26(32)15-22-6-9-25-19-31(13-12-24(25)14-22)30(35)37-27-10-7-21(8-11-27)18-29(33)34/h4-6,9,14,17,21,27H,3,7-8,10-13,15-16,18-19H2,1-2H3,(H,33,34). The van der Waals surface area contributed by atoms with Crippen LogP contribution in [0.3, 0.4) is 0 Å². The molecule has 1 amide bonds. The van der Waals surface area contributed by atoms with Gasteiger partial charge in [0.15, 0.2) is 0 Å². The first-order chi connectivity index (χ1) is 17.8. The van der Waals surface area contributed by atoms with Crippen molar-refractivity contribution in [2.45, 2.75) is 77.9 Å². The van der Waals surface area contributed by atoms with Crippen LogP contribution in [0.4, 0.5) is 4.79 Å². The first-order valence-corrected chi connectivity index (χ1v) is 13.3. The molecular weight excluding hydrogens is 470 g/mol. The molecule has 2 aromatic carbocycles. The summed E-state index contributed by atoms with van der Waals surface area (Å²) in [5, 5.41) is 8.97. The Morgan fingerprint density at radius 3 is 2.38 bits per heavy atom. The second kappa shape index (κ2) is 12.3. The van der Waals surface area contributed by atoms with E-state index in [2.05, 4.69) is 6.07 Å². The van der Waals surface area contributed by atoms with Gasteiger partial charge in [-0.15, -0.1) is 0 Å². The molecule has 0 atom stereocenters. The molecule has 198 valence electrons. The monoisotopic (exact) mass is 507 g/mol. The molecule has 7 nitrogen and oxygen atoms in total. The zero-order chi connectivity index (χ0) is 26.4. The Morgan fingerprint density at radius 1 is 0.973 bits per heavy atom. The lowest BCUT2D eigenvalue weighted by molar-refractivity contribution is -0.138. The van der Waals surface area contributed by atoms with Gasteiger partial charge in [-0.2, -0.15) is 0 Å². The highest BCUT2D eigenvalue weighted by molar-refractivity contribution is 5.83. The Hall–Kier alpha value is -3.35. The summed E-state index contributed by atoms with van der Waals surface area (Å²) in [6.07, 6.45) is 4.25. The van der Waals surface area contributed by atoms with Gasteiger partial charge in [0.25, 0.3) is 0 Å². The van der Waals surface area contributed by atoms with Crippen LogP contribution in [0.15, 0.2) is 36.4 Å². The van der Waals surface area contributed by atoms with E-state index >= 15 is 0 Å². The smallest absolute Gasteiger partial charge is 0.410 e. The molecule has 0 aromatic heterocycles. The summed E-state index contributed by atoms with van der Waals surface area (Å²) in [7, 11) is 0.